The van der Waals surface area contributed by atoms with Crippen LogP contribution in [0.5, 0.6) is 11.5 Å². The Morgan fingerprint density at radius 3 is 2.36 bits per heavy atom. The molecule has 1 saturated heterocycles. The first-order chi connectivity index (χ1) is 10.8. The van der Waals surface area contributed by atoms with E-state index in [1.54, 1.807) is 14.2 Å². The number of methoxy groups -OCH3 is 2. The van der Waals surface area contributed by atoms with Crippen LogP contribution in [0.4, 0.5) is 0 Å². The second-order valence-corrected chi connectivity index (χ2v) is 5.70. The van der Waals surface area contributed by atoms with Crippen molar-refractivity contribution in [3.05, 3.63) is 23.8 Å². The number of para-hydroxylation sites is 1. The molecule has 5 nitrogen and oxygen atoms in total. The summed E-state index contributed by atoms with van der Waals surface area (Å²) in [6.07, 6.45) is 1.99. The molecule has 22 heavy (non-hydrogen) atoms. The van der Waals surface area contributed by atoms with Crippen LogP contribution in [0, 0.1) is 0 Å². The van der Waals surface area contributed by atoms with Gasteiger partial charge in [-0.1, -0.05) is 12.1 Å². The summed E-state index contributed by atoms with van der Waals surface area (Å²) in [6.45, 7) is 6.62. The van der Waals surface area contributed by atoms with E-state index in [-0.39, 0.29) is 0 Å². The first-order valence-corrected chi connectivity index (χ1v) is 8.04. The fraction of sp³-hybridized carbons (Fsp3) is 0.647. The molecule has 0 aliphatic carbocycles. The standard InChI is InChI=1S/C17H28N2O3/c1-21-16-7-5-6-15(17(16)22-2)14-19-11-9-18(10-12-19)8-3-4-13-20/h5-7,20H,3-4,8-14H2,1-2H3. The highest BCUT2D eigenvalue weighted by atomic mass is 16.5. The average molecular weight is 308 g/mol. The molecule has 1 aromatic rings. The van der Waals surface area contributed by atoms with Gasteiger partial charge in [0.05, 0.1) is 14.2 Å². The van der Waals surface area contributed by atoms with Crippen molar-refractivity contribution in [3.63, 3.8) is 0 Å². The molecule has 0 spiro atoms. The van der Waals surface area contributed by atoms with Crippen LogP contribution in [0.25, 0.3) is 0 Å². The third kappa shape index (κ3) is 4.60. The highest BCUT2D eigenvalue weighted by Gasteiger charge is 2.18. The quantitative estimate of drug-likeness (QED) is 0.739. The number of ether oxygens (including phenoxy) is 2. The molecule has 1 heterocycles. The number of aliphatic hydroxyl groups excluding tert-OH is 1. The Morgan fingerprint density at radius 1 is 1.00 bits per heavy atom. The number of rotatable bonds is 8. The highest BCUT2D eigenvalue weighted by Crippen LogP contribution is 2.31. The molecule has 0 saturated carbocycles. The highest BCUT2D eigenvalue weighted by molar-refractivity contribution is 5.46. The SMILES string of the molecule is COc1cccc(CN2CCN(CCCCO)CC2)c1OC. The van der Waals surface area contributed by atoms with Crippen LogP contribution in [0.1, 0.15) is 18.4 Å². The molecule has 0 atom stereocenters. The summed E-state index contributed by atoms with van der Waals surface area (Å²) in [6, 6.07) is 6.05. The van der Waals surface area contributed by atoms with Gasteiger partial charge in [-0.3, -0.25) is 4.90 Å². The van der Waals surface area contributed by atoms with Crippen LogP contribution in [-0.4, -0.2) is 68.5 Å². The van der Waals surface area contributed by atoms with Gasteiger partial charge in [0.1, 0.15) is 0 Å². The topological polar surface area (TPSA) is 45.2 Å². The Labute approximate surface area is 133 Å². The number of nitrogens with zero attached hydrogens (tertiary/aromatic N) is 2. The lowest BCUT2D eigenvalue weighted by atomic mass is 10.1. The van der Waals surface area contributed by atoms with Crippen LogP contribution in [0.3, 0.4) is 0 Å². The monoisotopic (exact) mass is 308 g/mol. The fourth-order valence-electron chi connectivity index (χ4n) is 2.94. The lowest BCUT2D eigenvalue weighted by Crippen LogP contribution is -2.46. The summed E-state index contributed by atoms with van der Waals surface area (Å²) >= 11 is 0. The number of piperazine rings is 1. The maximum atomic E-state index is 8.85. The summed E-state index contributed by atoms with van der Waals surface area (Å²) in [5.74, 6) is 1.64. The first-order valence-electron chi connectivity index (χ1n) is 8.04. The second-order valence-electron chi connectivity index (χ2n) is 5.70. The lowest BCUT2D eigenvalue weighted by molar-refractivity contribution is 0.123. The average Bonchev–Trinajstić information content (AvgIpc) is 2.56. The van der Waals surface area contributed by atoms with E-state index in [9.17, 15) is 0 Å². The maximum Gasteiger partial charge on any atom is 0.165 e. The van der Waals surface area contributed by atoms with Crippen molar-refractivity contribution in [2.24, 2.45) is 0 Å². The van der Waals surface area contributed by atoms with Gasteiger partial charge in [0.25, 0.3) is 0 Å². The predicted octanol–water partition coefficient (Wildman–Crippen LogP) is 1.59. The third-order valence-corrected chi connectivity index (χ3v) is 4.23. The Morgan fingerprint density at radius 2 is 1.73 bits per heavy atom. The zero-order valence-corrected chi connectivity index (χ0v) is 13.8. The summed E-state index contributed by atoms with van der Waals surface area (Å²) in [7, 11) is 3.37. The van der Waals surface area contributed by atoms with Crippen molar-refractivity contribution in [3.8, 4) is 11.5 Å². The van der Waals surface area contributed by atoms with Crippen molar-refractivity contribution in [2.75, 3.05) is 53.6 Å². The fourth-order valence-corrected chi connectivity index (χ4v) is 2.94. The molecule has 0 unspecified atom stereocenters. The number of hydrogen-bond acceptors (Lipinski definition) is 5. The minimum atomic E-state index is 0.301. The molecule has 1 fully saturated rings. The third-order valence-electron chi connectivity index (χ3n) is 4.23. The lowest BCUT2D eigenvalue weighted by Gasteiger charge is -2.35. The van der Waals surface area contributed by atoms with E-state index in [4.69, 9.17) is 14.6 Å². The van der Waals surface area contributed by atoms with Crippen LogP contribution < -0.4 is 9.47 Å². The van der Waals surface area contributed by atoms with Crippen LogP contribution in [-0.2, 0) is 6.54 Å². The molecule has 124 valence electrons. The van der Waals surface area contributed by atoms with Gasteiger partial charge in [0.2, 0.25) is 0 Å². The van der Waals surface area contributed by atoms with Gasteiger partial charge in [0.15, 0.2) is 11.5 Å². The first kappa shape index (κ1) is 17.1. The zero-order chi connectivity index (χ0) is 15.8. The molecule has 5 heteroatoms. The van der Waals surface area contributed by atoms with E-state index in [0.29, 0.717) is 6.61 Å². The van der Waals surface area contributed by atoms with Gasteiger partial charge in [-0.05, 0) is 25.5 Å². The summed E-state index contributed by atoms with van der Waals surface area (Å²) in [4.78, 5) is 4.94. The molecule has 1 aliphatic rings. The molecule has 0 aromatic heterocycles. The van der Waals surface area contributed by atoms with Gasteiger partial charge in [0, 0.05) is 44.9 Å². The van der Waals surface area contributed by atoms with Gasteiger partial charge in [-0.2, -0.15) is 0 Å². The molecule has 0 amide bonds. The minimum Gasteiger partial charge on any atom is -0.493 e. The summed E-state index contributed by atoms with van der Waals surface area (Å²) in [5, 5.41) is 8.85. The summed E-state index contributed by atoms with van der Waals surface area (Å²) in [5.41, 5.74) is 1.18. The van der Waals surface area contributed by atoms with Gasteiger partial charge < -0.3 is 19.5 Å². The van der Waals surface area contributed by atoms with Crippen molar-refractivity contribution in [1.29, 1.82) is 0 Å². The Balaban J connectivity index is 1.86. The van der Waals surface area contributed by atoms with Crippen molar-refractivity contribution < 1.29 is 14.6 Å². The number of benzene rings is 1. The van der Waals surface area contributed by atoms with E-state index < -0.39 is 0 Å². The van der Waals surface area contributed by atoms with Gasteiger partial charge >= 0.3 is 0 Å². The van der Waals surface area contributed by atoms with Gasteiger partial charge in [-0.25, -0.2) is 0 Å². The summed E-state index contributed by atoms with van der Waals surface area (Å²) < 4.78 is 10.9. The van der Waals surface area contributed by atoms with Crippen molar-refractivity contribution in [2.45, 2.75) is 19.4 Å². The maximum absolute atomic E-state index is 8.85. The van der Waals surface area contributed by atoms with E-state index in [0.717, 1.165) is 63.6 Å². The smallest absolute Gasteiger partial charge is 0.165 e. The second kappa shape index (κ2) is 8.98. The molecule has 1 N–H and O–H groups in total. The van der Waals surface area contributed by atoms with Crippen LogP contribution >= 0.6 is 0 Å². The molecular formula is C17H28N2O3. The number of hydrogen-bond donors (Lipinski definition) is 1. The van der Waals surface area contributed by atoms with Crippen LogP contribution in [0.2, 0.25) is 0 Å². The molecular weight excluding hydrogens is 280 g/mol. The van der Waals surface area contributed by atoms with Crippen molar-refractivity contribution in [1.82, 2.24) is 9.80 Å². The molecule has 1 aliphatic heterocycles. The van der Waals surface area contributed by atoms with E-state index in [1.807, 2.05) is 12.1 Å². The van der Waals surface area contributed by atoms with Crippen molar-refractivity contribution >= 4 is 0 Å². The Bertz CT molecular complexity index is 446. The zero-order valence-electron chi connectivity index (χ0n) is 13.8. The minimum absolute atomic E-state index is 0.301. The largest absolute Gasteiger partial charge is 0.493 e. The molecule has 1 aromatic carbocycles. The number of aliphatic hydroxyl groups is 1. The molecule has 0 bridgehead atoms. The van der Waals surface area contributed by atoms with Gasteiger partial charge in [-0.15, -0.1) is 0 Å². The van der Waals surface area contributed by atoms with E-state index in [2.05, 4.69) is 15.9 Å². The molecule has 2 rings (SSSR count). The van der Waals surface area contributed by atoms with E-state index >= 15 is 0 Å². The Hall–Kier alpha value is -1.30. The van der Waals surface area contributed by atoms with E-state index in [1.165, 1.54) is 5.56 Å². The Kier molecular flexibility index (Phi) is 6.96. The normalized spacial score (nSPS) is 16.7. The predicted molar refractivity (Wildman–Crippen MR) is 87.6 cm³/mol. The molecule has 0 radical (unpaired) electrons. The number of unbranched alkanes of at least 4 members (excludes halogenated alkanes) is 1. The van der Waals surface area contributed by atoms with Crippen LogP contribution in [0.15, 0.2) is 18.2 Å².